The molecule has 9 heavy (non-hydrogen) atoms. The Bertz CT molecular complexity index is 160. The molecule has 0 radical (unpaired) electrons. The molecule has 0 aliphatic heterocycles. The zero-order valence-electron chi connectivity index (χ0n) is 5.16. The van der Waals surface area contributed by atoms with E-state index in [2.05, 4.69) is 4.52 Å². The van der Waals surface area contributed by atoms with Crippen LogP contribution in [-0.2, 0) is 9.09 Å². The maximum atomic E-state index is 9.95. The smallest absolute Gasteiger partial charge is 0.195 e. The molecule has 0 aromatic heterocycles. The van der Waals surface area contributed by atoms with E-state index in [1.807, 2.05) is 0 Å². The number of hydrogen-bond donors (Lipinski definition) is 1. The minimum Gasteiger partial charge on any atom is -0.195 e. The lowest BCUT2D eigenvalue weighted by molar-refractivity contribution is 0.159. The van der Waals surface area contributed by atoms with Crippen LogP contribution < -0.4 is 0 Å². The molecule has 0 aliphatic carbocycles. The topological polar surface area (TPSA) is 70.3 Å². The first-order valence-corrected chi connectivity index (χ1v) is 3.37. The number of nitriles is 1. The molecule has 0 heterocycles. The van der Waals surface area contributed by atoms with Gasteiger partial charge in [0.25, 0.3) is 0 Å². The third-order valence-electron chi connectivity index (χ3n) is 0.576. The van der Waals surface area contributed by atoms with E-state index in [0.717, 1.165) is 0 Å². The second-order valence-corrected chi connectivity index (χ2v) is 2.61. The molecule has 0 aliphatic rings. The van der Waals surface area contributed by atoms with Gasteiger partial charge in [-0.2, -0.15) is 5.26 Å². The molecule has 4 nitrogen and oxygen atoms in total. The summed E-state index contributed by atoms with van der Waals surface area (Å²) in [5.41, 5.74) is -1.16. The Morgan fingerprint density at radius 3 is 2.33 bits per heavy atom. The molecule has 0 saturated carbocycles. The van der Waals surface area contributed by atoms with Crippen LogP contribution in [0.5, 0.6) is 0 Å². The van der Waals surface area contributed by atoms with Gasteiger partial charge in [0.1, 0.15) is 6.07 Å². The fourth-order valence-electron chi connectivity index (χ4n) is 0.216. The van der Waals surface area contributed by atoms with Crippen LogP contribution in [0.25, 0.3) is 0 Å². The molecule has 0 rings (SSSR count). The van der Waals surface area contributed by atoms with Crippen molar-refractivity contribution >= 4 is 8.25 Å². The van der Waals surface area contributed by atoms with Crippen molar-refractivity contribution in [3.8, 4) is 6.07 Å². The molecule has 0 aromatic carbocycles. The zero-order chi connectivity index (χ0) is 7.49. The van der Waals surface area contributed by atoms with Gasteiger partial charge in [-0.1, -0.05) is 4.52 Å². The molecule has 0 aromatic rings. The average Bonchev–Trinajstić information content (AvgIpc) is 1.63. The Balaban J connectivity index is 3.91. The third kappa shape index (κ3) is 4.04. The first-order valence-electron chi connectivity index (χ1n) is 2.24. The predicted molar refractivity (Wildman–Crippen MR) is 30.6 cm³/mol. The molecule has 0 bridgehead atoms. The molecule has 1 N–H and O–H groups in total. The van der Waals surface area contributed by atoms with Gasteiger partial charge in [0.15, 0.2) is 0 Å². The lowest BCUT2D eigenvalue weighted by Gasteiger charge is -2.02. The van der Waals surface area contributed by atoms with E-state index < -0.39 is 13.9 Å². The SMILES string of the molecule is CC(C)(C#N)O[P+](=O)O. The molecule has 5 heteroatoms. The maximum Gasteiger partial charge on any atom is 0.696 e. The van der Waals surface area contributed by atoms with Crippen molar-refractivity contribution in [3.63, 3.8) is 0 Å². The van der Waals surface area contributed by atoms with Gasteiger partial charge in [0.05, 0.1) is 0 Å². The molecule has 0 amide bonds. The highest BCUT2D eigenvalue weighted by molar-refractivity contribution is 7.32. The van der Waals surface area contributed by atoms with E-state index in [9.17, 15) is 4.57 Å². The van der Waals surface area contributed by atoms with Gasteiger partial charge in [-0.15, -0.1) is 4.89 Å². The summed E-state index contributed by atoms with van der Waals surface area (Å²) in [6, 6.07) is 1.71. The highest BCUT2D eigenvalue weighted by Gasteiger charge is 2.30. The van der Waals surface area contributed by atoms with Crippen molar-refractivity contribution in [1.29, 1.82) is 5.26 Å². The molecule has 50 valence electrons. The van der Waals surface area contributed by atoms with Crippen LogP contribution in [0.15, 0.2) is 0 Å². The minimum atomic E-state index is -2.67. The van der Waals surface area contributed by atoms with Crippen LogP contribution in [0.1, 0.15) is 13.8 Å². The van der Waals surface area contributed by atoms with Crippen LogP contribution in [0.4, 0.5) is 0 Å². The van der Waals surface area contributed by atoms with E-state index in [1.165, 1.54) is 13.8 Å². The molecular weight excluding hydrogens is 141 g/mol. The quantitative estimate of drug-likeness (QED) is 0.592. The monoisotopic (exact) mass is 148 g/mol. The fraction of sp³-hybridized carbons (Fsp3) is 0.750. The van der Waals surface area contributed by atoms with Crippen LogP contribution in [0.3, 0.4) is 0 Å². The summed E-state index contributed by atoms with van der Waals surface area (Å²) in [5, 5.41) is 8.23. The van der Waals surface area contributed by atoms with Gasteiger partial charge in [0.2, 0.25) is 5.60 Å². The number of nitrogens with zero attached hydrogens (tertiary/aromatic N) is 1. The van der Waals surface area contributed by atoms with Crippen molar-refractivity contribution in [2.75, 3.05) is 0 Å². The van der Waals surface area contributed by atoms with E-state index in [0.29, 0.717) is 0 Å². The van der Waals surface area contributed by atoms with Crippen molar-refractivity contribution in [3.05, 3.63) is 0 Å². The first kappa shape index (κ1) is 8.51. The van der Waals surface area contributed by atoms with Crippen molar-refractivity contribution in [1.82, 2.24) is 0 Å². The summed E-state index contributed by atoms with van der Waals surface area (Å²) < 4.78 is 14.2. The lowest BCUT2D eigenvalue weighted by atomic mass is 10.2. The Kier molecular flexibility index (Phi) is 2.72. The Morgan fingerprint density at radius 1 is 1.78 bits per heavy atom. The normalized spacial score (nSPS) is 12.4. The summed E-state index contributed by atoms with van der Waals surface area (Å²) in [6.07, 6.45) is 0. The van der Waals surface area contributed by atoms with Gasteiger partial charge in [-0.05, 0) is 13.8 Å². The first-order chi connectivity index (χ1) is 3.98. The zero-order valence-corrected chi connectivity index (χ0v) is 6.05. The minimum absolute atomic E-state index is 1.16. The second kappa shape index (κ2) is 2.88. The number of hydrogen-bond acceptors (Lipinski definition) is 3. The Hall–Kier alpha value is -0.490. The molecular formula is C4H7NO3P+. The second-order valence-electron chi connectivity index (χ2n) is 1.95. The van der Waals surface area contributed by atoms with E-state index >= 15 is 0 Å². The van der Waals surface area contributed by atoms with Gasteiger partial charge < -0.3 is 0 Å². The highest BCUT2D eigenvalue weighted by atomic mass is 31.1. The van der Waals surface area contributed by atoms with E-state index in [1.54, 1.807) is 6.07 Å². The Morgan fingerprint density at radius 2 is 2.22 bits per heavy atom. The predicted octanol–water partition coefficient (Wildman–Crippen LogP) is 0.955. The summed E-state index contributed by atoms with van der Waals surface area (Å²) in [4.78, 5) is 8.16. The summed E-state index contributed by atoms with van der Waals surface area (Å²) in [5.74, 6) is 0. The van der Waals surface area contributed by atoms with E-state index in [-0.39, 0.29) is 0 Å². The van der Waals surface area contributed by atoms with Crippen LogP contribution in [0, 0.1) is 11.3 Å². The maximum absolute atomic E-state index is 9.95. The Labute approximate surface area is 54.0 Å². The van der Waals surface area contributed by atoms with Crippen molar-refractivity contribution < 1.29 is 14.0 Å². The van der Waals surface area contributed by atoms with Gasteiger partial charge >= 0.3 is 8.25 Å². The standard InChI is InChI=1S/C4H6NO3P/c1-4(2,3-5)8-9(6)7/h1-2H3/p+1. The van der Waals surface area contributed by atoms with Crippen molar-refractivity contribution in [2.24, 2.45) is 0 Å². The van der Waals surface area contributed by atoms with Crippen LogP contribution in [-0.4, -0.2) is 10.5 Å². The fourth-order valence-corrected chi connectivity index (χ4v) is 0.647. The molecule has 0 spiro atoms. The highest BCUT2D eigenvalue weighted by Crippen LogP contribution is 2.24. The molecule has 1 unspecified atom stereocenters. The van der Waals surface area contributed by atoms with Gasteiger partial charge in [-0.3, -0.25) is 0 Å². The number of rotatable bonds is 2. The van der Waals surface area contributed by atoms with Crippen LogP contribution >= 0.6 is 8.25 Å². The third-order valence-corrected chi connectivity index (χ3v) is 1.19. The molecule has 0 saturated heterocycles. The molecule has 0 fully saturated rings. The summed E-state index contributed by atoms with van der Waals surface area (Å²) in [6.45, 7) is 2.83. The largest absolute Gasteiger partial charge is 0.696 e. The van der Waals surface area contributed by atoms with Gasteiger partial charge in [-0.25, -0.2) is 0 Å². The van der Waals surface area contributed by atoms with Crippen molar-refractivity contribution in [2.45, 2.75) is 19.4 Å². The van der Waals surface area contributed by atoms with Gasteiger partial charge in [0, 0.05) is 4.57 Å². The lowest BCUT2D eigenvalue weighted by Crippen LogP contribution is -2.17. The average molecular weight is 148 g/mol. The van der Waals surface area contributed by atoms with Crippen LogP contribution in [0.2, 0.25) is 0 Å². The molecule has 1 atom stereocenters. The van der Waals surface area contributed by atoms with E-state index in [4.69, 9.17) is 10.2 Å². The summed E-state index contributed by atoms with van der Waals surface area (Å²) >= 11 is 0. The summed E-state index contributed by atoms with van der Waals surface area (Å²) in [7, 11) is -2.67.